The van der Waals surface area contributed by atoms with Crippen LogP contribution in [0.5, 0.6) is 11.5 Å². The summed E-state index contributed by atoms with van der Waals surface area (Å²) in [5.74, 6) is -0.231. The maximum Gasteiger partial charge on any atom is 0.180 e. The van der Waals surface area contributed by atoms with Crippen LogP contribution in [-0.2, 0) is 0 Å². The Bertz CT molecular complexity index is 473. The third-order valence-electron chi connectivity index (χ3n) is 3.64. The van der Waals surface area contributed by atoms with Gasteiger partial charge in [-0.2, -0.15) is 0 Å². The standard InChI is InChI=1S/C14H19NO4/c1-9(16)10-4-5-15(7-10)8-14(19)12-3-2-11(17)6-13(12)18/h2-3,6,9-10,16-18H,4-5,7-8H2,1H3. The van der Waals surface area contributed by atoms with Gasteiger partial charge in [0.15, 0.2) is 5.78 Å². The van der Waals surface area contributed by atoms with Crippen molar-refractivity contribution in [1.82, 2.24) is 4.90 Å². The number of Topliss-reactive ketones (excluding diaryl/α,β-unsaturated/α-hetero) is 1. The Kier molecular flexibility index (Phi) is 4.07. The van der Waals surface area contributed by atoms with Crippen molar-refractivity contribution in [3.63, 3.8) is 0 Å². The second-order valence-electron chi connectivity index (χ2n) is 5.15. The number of rotatable bonds is 4. The quantitative estimate of drug-likeness (QED) is 0.707. The van der Waals surface area contributed by atoms with Crippen LogP contribution in [0, 0.1) is 5.92 Å². The lowest BCUT2D eigenvalue weighted by molar-refractivity contribution is 0.0923. The summed E-state index contributed by atoms with van der Waals surface area (Å²) in [4.78, 5) is 14.0. The van der Waals surface area contributed by atoms with Crippen molar-refractivity contribution in [3.05, 3.63) is 23.8 Å². The molecule has 3 N–H and O–H groups in total. The molecule has 1 aliphatic heterocycles. The van der Waals surface area contributed by atoms with Crippen molar-refractivity contribution in [1.29, 1.82) is 0 Å². The molecule has 0 amide bonds. The van der Waals surface area contributed by atoms with Crippen LogP contribution in [-0.4, -0.2) is 51.7 Å². The van der Waals surface area contributed by atoms with E-state index in [-0.39, 0.29) is 41.4 Å². The van der Waals surface area contributed by atoms with Gasteiger partial charge in [-0.25, -0.2) is 0 Å². The molecule has 2 atom stereocenters. The fourth-order valence-corrected chi connectivity index (χ4v) is 2.44. The van der Waals surface area contributed by atoms with Crippen LogP contribution < -0.4 is 0 Å². The predicted molar refractivity (Wildman–Crippen MR) is 70.3 cm³/mol. The van der Waals surface area contributed by atoms with Crippen molar-refractivity contribution < 1.29 is 20.1 Å². The van der Waals surface area contributed by atoms with Gasteiger partial charge in [0.2, 0.25) is 0 Å². The monoisotopic (exact) mass is 265 g/mol. The molecule has 0 bridgehead atoms. The summed E-state index contributed by atoms with van der Waals surface area (Å²) in [6.07, 6.45) is 0.522. The second kappa shape index (κ2) is 5.59. The number of hydrogen-bond donors (Lipinski definition) is 3. The molecule has 1 aromatic rings. The molecule has 1 heterocycles. The Morgan fingerprint density at radius 2 is 2.21 bits per heavy atom. The first kappa shape index (κ1) is 13.8. The molecule has 1 saturated heterocycles. The number of aliphatic hydroxyl groups excluding tert-OH is 1. The van der Waals surface area contributed by atoms with Gasteiger partial charge in [0.1, 0.15) is 11.5 Å². The van der Waals surface area contributed by atoms with Crippen LogP contribution in [0.25, 0.3) is 0 Å². The molecular weight excluding hydrogens is 246 g/mol. The predicted octanol–water partition coefficient (Wildman–Crippen LogP) is 0.983. The smallest absolute Gasteiger partial charge is 0.180 e. The van der Waals surface area contributed by atoms with E-state index >= 15 is 0 Å². The first-order valence-corrected chi connectivity index (χ1v) is 6.43. The van der Waals surface area contributed by atoms with Crippen molar-refractivity contribution in [2.24, 2.45) is 5.92 Å². The number of aliphatic hydroxyl groups is 1. The molecule has 1 aromatic carbocycles. The molecule has 0 aliphatic carbocycles. The van der Waals surface area contributed by atoms with E-state index in [9.17, 15) is 20.1 Å². The van der Waals surface area contributed by atoms with Crippen LogP contribution >= 0.6 is 0 Å². The summed E-state index contributed by atoms with van der Waals surface area (Å²) < 4.78 is 0. The van der Waals surface area contributed by atoms with Gasteiger partial charge >= 0.3 is 0 Å². The highest BCUT2D eigenvalue weighted by Crippen LogP contribution is 2.24. The first-order chi connectivity index (χ1) is 8.97. The first-order valence-electron chi connectivity index (χ1n) is 6.43. The molecule has 19 heavy (non-hydrogen) atoms. The fourth-order valence-electron chi connectivity index (χ4n) is 2.44. The highest BCUT2D eigenvalue weighted by molar-refractivity contribution is 6.00. The molecule has 2 rings (SSSR count). The zero-order valence-electron chi connectivity index (χ0n) is 10.9. The van der Waals surface area contributed by atoms with Crippen LogP contribution in [0.3, 0.4) is 0 Å². The van der Waals surface area contributed by atoms with E-state index < -0.39 is 0 Å². The van der Waals surface area contributed by atoms with Gasteiger partial charge < -0.3 is 15.3 Å². The molecule has 1 aliphatic rings. The maximum atomic E-state index is 12.1. The third-order valence-corrected chi connectivity index (χ3v) is 3.64. The maximum absolute atomic E-state index is 12.1. The summed E-state index contributed by atoms with van der Waals surface area (Å²) in [5, 5.41) is 28.3. The van der Waals surface area contributed by atoms with Gasteiger partial charge in [0.25, 0.3) is 0 Å². The summed E-state index contributed by atoms with van der Waals surface area (Å²) >= 11 is 0. The molecule has 0 radical (unpaired) electrons. The van der Waals surface area contributed by atoms with Crippen molar-refractivity contribution in [2.75, 3.05) is 19.6 Å². The van der Waals surface area contributed by atoms with Crippen molar-refractivity contribution >= 4 is 5.78 Å². The van der Waals surface area contributed by atoms with E-state index in [0.29, 0.717) is 6.54 Å². The number of hydrogen-bond acceptors (Lipinski definition) is 5. The van der Waals surface area contributed by atoms with Gasteiger partial charge in [-0.15, -0.1) is 0 Å². The Morgan fingerprint density at radius 1 is 1.47 bits per heavy atom. The molecule has 5 nitrogen and oxygen atoms in total. The zero-order valence-corrected chi connectivity index (χ0v) is 10.9. The van der Waals surface area contributed by atoms with Crippen LogP contribution in [0.15, 0.2) is 18.2 Å². The fraction of sp³-hybridized carbons (Fsp3) is 0.500. The average molecular weight is 265 g/mol. The number of phenols is 2. The molecular formula is C14H19NO4. The number of likely N-dealkylation sites (tertiary alicyclic amines) is 1. The topological polar surface area (TPSA) is 81.0 Å². The molecule has 2 unspecified atom stereocenters. The van der Waals surface area contributed by atoms with Crippen molar-refractivity contribution in [3.8, 4) is 11.5 Å². The molecule has 104 valence electrons. The van der Waals surface area contributed by atoms with E-state index in [4.69, 9.17) is 0 Å². The van der Waals surface area contributed by atoms with E-state index in [0.717, 1.165) is 19.0 Å². The molecule has 0 spiro atoms. The average Bonchev–Trinajstić information content (AvgIpc) is 2.77. The van der Waals surface area contributed by atoms with Crippen LogP contribution in [0.4, 0.5) is 0 Å². The molecule has 0 saturated carbocycles. The number of ketones is 1. The number of aromatic hydroxyl groups is 2. The lowest BCUT2D eigenvalue weighted by Gasteiger charge is -2.16. The zero-order chi connectivity index (χ0) is 14.0. The second-order valence-corrected chi connectivity index (χ2v) is 5.15. The van der Waals surface area contributed by atoms with Crippen molar-refractivity contribution in [2.45, 2.75) is 19.4 Å². The minimum absolute atomic E-state index is 0.0654. The third kappa shape index (κ3) is 3.24. The number of benzene rings is 1. The number of phenolic OH excluding ortho intramolecular Hbond substituents is 2. The lowest BCUT2D eigenvalue weighted by atomic mass is 10.0. The Morgan fingerprint density at radius 3 is 2.79 bits per heavy atom. The highest BCUT2D eigenvalue weighted by atomic mass is 16.3. The normalized spacial score (nSPS) is 21.5. The minimum Gasteiger partial charge on any atom is -0.508 e. The summed E-state index contributed by atoms with van der Waals surface area (Å²) in [5.41, 5.74) is 0.221. The van der Waals surface area contributed by atoms with E-state index in [1.807, 2.05) is 4.90 Å². The van der Waals surface area contributed by atoms with Gasteiger partial charge in [0, 0.05) is 12.6 Å². The van der Waals surface area contributed by atoms with Gasteiger partial charge in [0.05, 0.1) is 18.2 Å². The number of carbonyl (C=O) groups excluding carboxylic acids is 1. The minimum atomic E-state index is -0.359. The Balaban J connectivity index is 1.98. The van der Waals surface area contributed by atoms with Gasteiger partial charge in [-0.3, -0.25) is 9.69 Å². The largest absolute Gasteiger partial charge is 0.508 e. The molecule has 1 fully saturated rings. The number of nitrogens with zero attached hydrogens (tertiary/aromatic N) is 1. The van der Waals surface area contributed by atoms with E-state index in [1.165, 1.54) is 12.1 Å². The molecule has 5 heteroatoms. The van der Waals surface area contributed by atoms with Gasteiger partial charge in [-0.1, -0.05) is 0 Å². The highest BCUT2D eigenvalue weighted by Gasteiger charge is 2.27. The van der Waals surface area contributed by atoms with Gasteiger partial charge in [-0.05, 0) is 37.9 Å². The van der Waals surface area contributed by atoms with E-state index in [1.54, 1.807) is 6.92 Å². The lowest BCUT2D eigenvalue weighted by Crippen LogP contribution is -2.29. The van der Waals surface area contributed by atoms with E-state index in [2.05, 4.69) is 0 Å². The summed E-state index contributed by atoms with van der Waals surface area (Å²) in [6.45, 7) is 3.46. The molecule has 0 aromatic heterocycles. The Hall–Kier alpha value is -1.59. The SMILES string of the molecule is CC(O)C1CCN(CC(=O)c2ccc(O)cc2O)C1. The Labute approximate surface area is 112 Å². The summed E-state index contributed by atoms with van der Waals surface area (Å²) in [6, 6.07) is 3.97. The number of carbonyl (C=O) groups is 1. The summed E-state index contributed by atoms with van der Waals surface area (Å²) in [7, 11) is 0. The van der Waals surface area contributed by atoms with Crippen LogP contribution in [0.1, 0.15) is 23.7 Å². The van der Waals surface area contributed by atoms with Crippen LogP contribution in [0.2, 0.25) is 0 Å².